The highest BCUT2D eigenvalue weighted by molar-refractivity contribution is 6.57. The summed E-state index contributed by atoms with van der Waals surface area (Å²) >= 11 is -0.199. The van der Waals surface area contributed by atoms with Crippen molar-refractivity contribution in [3.05, 3.63) is 0 Å². The van der Waals surface area contributed by atoms with Crippen LogP contribution in [0.4, 0.5) is 0 Å². The van der Waals surface area contributed by atoms with E-state index in [4.69, 9.17) is 0 Å². The van der Waals surface area contributed by atoms with Crippen molar-refractivity contribution in [3.63, 3.8) is 0 Å². The van der Waals surface area contributed by atoms with Gasteiger partial charge in [-0.2, -0.15) is 0 Å². The van der Waals surface area contributed by atoms with Crippen molar-refractivity contribution in [1.29, 1.82) is 0 Å². The SMILES string of the molecule is CCC[CH2][Al]([CH3])[CH2]C. The van der Waals surface area contributed by atoms with Gasteiger partial charge in [-0.05, 0) is 0 Å². The Morgan fingerprint density at radius 2 is 1.88 bits per heavy atom. The van der Waals surface area contributed by atoms with E-state index in [0.29, 0.717) is 0 Å². The Kier molecular flexibility index (Phi) is 6.04. The number of hydrogen-bond acceptors (Lipinski definition) is 0. The smallest absolute Gasteiger partial charge is 0.106 e. The molecule has 0 aromatic rings. The number of rotatable bonds is 4. The third-order valence-corrected chi connectivity index (χ3v) is 4.54. The maximum absolute atomic E-state index is 2.47. The summed E-state index contributed by atoms with van der Waals surface area (Å²) in [5.41, 5.74) is 0. The first-order valence-corrected chi connectivity index (χ1v) is 6.60. The Labute approximate surface area is 57.7 Å². The summed E-state index contributed by atoms with van der Waals surface area (Å²) in [6.07, 6.45) is 2.86. The largest absolute Gasteiger partial charge is 0.258 e. The Morgan fingerprint density at radius 1 is 1.25 bits per heavy atom. The Balaban J connectivity index is 2.86. The monoisotopic (exact) mass is 128 g/mol. The molecule has 0 aromatic carbocycles. The standard InChI is InChI=1S/C4H9.C2H5.CH3.Al/c1-3-4-2;1-2;;/h1,3-4H2,2H3;1H2,2H3;1H3;. The second kappa shape index (κ2) is 5.67. The van der Waals surface area contributed by atoms with Crippen LogP contribution in [0.3, 0.4) is 0 Å². The summed E-state index contributed by atoms with van der Waals surface area (Å²) in [6, 6.07) is 0. The maximum atomic E-state index is 2.47. The van der Waals surface area contributed by atoms with Gasteiger partial charge in [-0.1, -0.05) is 37.3 Å². The van der Waals surface area contributed by atoms with Crippen LogP contribution in [-0.4, -0.2) is 14.1 Å². The van der Waals surface area contributed by atoms with Crippen molar-refractivity contribution in [2.45, 2.75) is 43.0 Å². The highest BCUT2D eigenvalue weighted by atomic mass is 27.2. The Morgan fingerprint density at radius 3 is 2.25 bits per heavy atom. The predicted octanol–water partition coefficient (Wildman–Crippen LogP) is 2.93. The molecule has 0 N–H and O–H groups in total. The molecule has 0 bridgehead atoms. The quantitative estimate of drug-likeness (QED) is 0.511. The van der Waals surface area contributed by atoms with Crippen LogP contribution in [0.2, 0.25) is 16.4 Å². The van der Waals surface area contributed by atoms with Gasteiger partial charge in [-0.15, -0.1) is 5.79 Å². The average molecular weight is 128 g/mol. The van der Waals surface area contributed by atoms with Gasteiger partial charge in [0.1, 0.15) is 0 Å². The third-order valence-electron chi connectivity index (χ3n) is 1.75. The van der Waals surface area contributed by atoms with E-state index in [2.05, 4.69) is 19.6 Å². The van der Waals surface area contributed by atoms with E-state index in [-0.39, 0.29) is 14.1 Å². The zero-order valence-corrected chi connectivity index (χ0v) is 7.56. The molecule has 8 heavy (non-hydrogen) atoms. The number of hydrogen-bond donors (Lipinski definition) is 0. The molecule has 0 spiro atoms. The Bertz CT molecular complexity index is 43.7. The molecule has 0 rings (SSSR count). The molecular weight excluding hydrogens is 111 g/mol. The van der Waals surface area contributed by atoms with Crippen molar-refractivity contribution in [1.82, 2.24) is 0 Å². The lowest BCUT2D eigenvalue weighted by atomic mass is 10.4. The molecule has 0 radical (unpaired) electrons. The zero-order valence-electron chi connectivity index (χ0n) is 6.41. The summed E-state index contributed by atoms with van der Waals surface area (Å²) in [5, 5.41) is 3.05. The summed E-state index contributed by atoms with van der Waals surface area (Å²) in [5.74, 6) is 2.47. The van der Waals surface area contributed by atoms with Crippen molar-refractivity contribution < 1.29 is 0 Å². The minimum absolute atomic E-state index is 0.199. The van der Waals surface area contributed by atoms with Crippen LogP contribution < -0.4 is 0 Å². The van der Waals surface area contributed by atoms with E-state index in [1.54, 1.807) is 5.28 Å². The molecule has 0 saturated heterocycles. The highest BCUT2D eigenvalue weighted by Crippen LogP contribution is 2.03. The summed E-state index contributed by atoms with van der Waals surface area (Å²) in [6.45, 7) is 4.60. The van der Waals surface area contributed by atoms with Gasteiger partial charge in [0.2, 0.25) is 0 Å². The fourth-order valence-electron chi connectivity index (χ4n) is 0.757. The predicted molar refractivity (Wildman–Crippen MR) is 41.8 cm³/mol. The molecule has 0 heterocycles. The molecule has 0 aliphatic heterocycles. The van der Waals surface area contributed by atoms with Crippen LogP contribution in [-0.2, 0) is 0 Å². The van der Waals surface area contributed by atoms with Gasteiger partial charge in [-0.3, -0.25) is 0 Å². The van der Waals surface area contributed by atoms with Gasteiger partial charge >= 0.3 is 0 Å². The van der Waals surface area contributed by atoms with Crippen molar-refractivity contribution in [2.24, 2.45) is 0 Å². The van der Waals surface area contributed by atoms with Crippen molar-refractivity contribution in [2.75, 3.05) is 0 Å². The molecule has 1 heteroatoms. The fraction of sp³-hybridized carbons (Fsp3) is 1.00. The second-order valence-electron chi connectivity index (χ2n) is 2.66. The molecule has 0 saturated carbocycles. The minimum Gasteiger partial charge on any atom is -0.106 e. The van der Waals surface area contributed by atoms with Gasteiger partial charge in [0.05, 0.1) is 0 Å². The van der Waals surface area contributed by atoms with E-state index in [0.717, 1.165) is 0 Å². The first-order chi connectivity index (χ1) is 3.81. The minimum atomic E-state index is -0.199. The van der Waals surface area contributed by atoms with Gasteiger partial charge in [0.15, 0.2) is 0 Å². The average Bonchev–Trinajstić information content (AvgIpc) is 1.83. The molecule has 0 aromatic heterocycles. The highest BCUT2D eigenvalue weighted by Gasteiger charge is 2.03. The fourth-order valence-corrected chi connectivity index (χ4v) is 2.27. The van der Waals surface area contributed by atoms with Crippen LogP contribution in [0.15, 0.2) is 0 Å². The van der Waals surface area contributed by atoms with Crippen molar-refractivity contribution >= 4 is 14.1 Å². The molecule has 0 fully saturated rings. The normalized spacial score (nSPS) is 9.38. The number of unbranched alkanes of at least 4 members (excludes halogenated alkanes) is 1. The van der Waals surface area contributed by atoms with E-state index in [1.165, 1.54) is 18.1 Å². The van der Waals surface area contributed by atoms with Gasteiger partial charge in [0, 0.05) is 0 Å². The van der Waals surface area contributed by atoms with Gasteiger partial charge in [0.25, 0.3) is 14.1 Å². The Hall–Kier alpha value is 0.532. The molecule has 48 valence electrons. The first-order valence-electron chi connectivity index (χ1n) is 3.81. The lowest BCUT2D eigenvalue weighted by Crippen LogP contribution is -2.02. The molecule has 0 amide bonds. The van der Waals surface area contributed by atoms with Gasteiger partial charge < -0.3 is 0 Å². The summed E-state index contributed by atoms with van der Waals surface area (Å²) in [4.78, 5) is 0. The molecule has 0 aliphatic rings. The zero-order chi connectivity index (χ0) is 6.41. The topological polar surface area (TPSA) is 0 Å². The molecular formula is C7H17Al. The van der Waals surface area contributed by atoms with Crippen molar-refractivity contribution in [3.8, 4) is 0 Å². The van der Waals surface area contributed by atoms with E-state index >= 15 is 0 Å². The lowest BCUT2D eigenvalue weighted by Gasteiger charge is -1.97. The van der Waals surface area contributed by atoms with E-state index in [1.807, 2.05) is 0 Å². The third kappa shape index (κ3) is 4.69. The maximum Gasteiger partial charge on any atom is 0.258 e. The molecule has 0 aliphatic carbocycles. The van der Waals surface area contributed by atoms with Crippen LogP contribution in [0, 0.1) is 0 Å². The first kappa shape index (κ1) is 8.53. The summed E-state index contributed by atoms with van der Waals surface area (Å²) in [7, 11) is 0. The van der Waals surface area contributed by atoms with Crippen LogP contribution >= 0.6 is 0 Å². The van der Waals surface area contributed by atoms with Crippen LogP contribution in [0.5, 0.6) is 0 Å². The molecule has 0 unspecified atom stereocenters. The van der Waals surface area contributed by atoms with Gasteiger partial charge in [-0.25, -0.2) is 0 Å². The van der Waals surface area contributed by atoms with Crippen LogP contribution in [0.1, 0.15) is 26.7 Å². The van der Waals surface area contributed by atoms with Crippen LogP contribution in [0.25, 0.3) is 0 Å². The molecule has 0 nitrogen and oxygen atoms in total. The summed E-state index contributed by atoms with van der Waals surface area (Å²) < 4.78 is 0. The van der Waals surface area contributed by atoms with E-state index < -0.39 is 0 Å². The second-order valence-corrected chi connectivity index (χ2v) is 6.26. The van der Waals surface area contributed by atoms with E-state index in [9.17, 15) is 0 Å². The molecule has 0 atom stereocenters. The lowest BCUT2D eigenvalue weighted by molar-refractivity contribution is 0.872.